The van der Waals surface area contributed by atoms with E-state index in [1.807, 2.05) is 54.6 Å². The van der Waals surface area contributed by atoms with Gasteiger partial charge >= 0.3 is 0 Å². The van der Waals surface area contributed by atoms with Gasteiger partial charge in [0.25, 0.3) is 5.22 Å². The predicted octanol–water partition coefficient (Wildman–Crippen LogP) is 4.01. The Morgan fingerprint density at radius 2 is 1.94 bits per heavy atom. The van der Waals surface area contributed by atoms with Gasteiger partial charge in [0.2, 0.25) is 11.8 Å². The number of rotatable bonds is 7. The van der Waals surface area contributed by atoms with E-state index < -0.39 is 0 Å². The number of para-hydroxylation sites is 3. The molecule has 5 aromatic rings. The molecule has 0 aliphatic carbocycles. The van der Waals surface area contributed by atoms with Crippen LogP contribution in [0.1, 0.15) is 11.7 Å². The summed E-state index contributed by atoms with van der Waals surface area (Å²) in [5.41, 5.74) is 3.38. The van der Waals surface area contributed by atoms with Crippen molar-refractivity contribution < 1.29 is 9.21 Å². The largest absolute Gasteiger partial charge is 0.416 e. The van der Waals surface area contributed by atoms with E-state index in [1.54, 1.807) is 6.20 Å². The molecule has 0 atom stereocenters. The zero-order chi connectivity index (χ0) is 21.0. The number of hydrogen-bond donors (Lipinski definition) is 2. The molecule has 9 heteroatoms. The lowest BCUT2D eigenvalue weighted by molar-refractivity contribution is -0.113. The molecular formula is C22H18N6O2S. The summed E-state index contributed by atoms with van der Waals surface area (Å²) in [6, 6.07) is 17.4. The summed E-state index contributed by atoms with van der Waals surface area (Å²) in [6.07, 6.45) is 2.94. The Balaban J connectivity index is 1.15. The van der Waals surface area contributed by atoms with Gasteiger partial charge in [-0.15, -0.1) is 10.2 Å². The molecule has 2 aromatic carbocycles. The van der Waals surface area contributed by atoms with Crippen LogP contribution in [0.5, 0.6) is 0 Å². The molecule has 1 amide bonds. The van der Waals surface area contributed by atoms with E-state index in [0.29, 0.717) is 29.6 Å². The average Bonchev–Trinajstić information content (AvgIpc) is 3.43. The maximum atomic E-state index is 12.4. The Kier molecular flexibility index (Phi) is 5.32. The number of aryl methyl sites for hydroxylation is 2. The third kappa shape index (κ3) is 4.41. The van der Waals surface area contributed by atoms with E-state index in [4.69, 9.17) is 4.42 Å². The van der Waals surface area contributed by atoms with Crippen LogP contribution in [0.3, 0.4) is 0 Å². The molecule has 0 aliphatic heterocycles. The number of pyridine rings is 1. The number of anilines is 1. The third-order valence-corrected chi connectivity index (χ3v) is 5.51. The fourth-order valence-electron chi connectivity index (χ4n) is 3.27. The van der Waals surface area contributed by atoms with Crippen LogP contribution in [0.15, 0.2) is 70.4 Å². The Labute approximate surface area is 181 Å². The van der Waals surface area contributed by atoms with Crippen molar-refractivity contribution in [3.8, 4) is 0 Å². The van der Waals surface area contributed by atoms with E-state index in [1.165, 1.54) is 11.8 Å². The molecule has 0 saturated heterocycles. The number of H-pyrrole nitrogens is 1. The molecule has 8 nitrogen and oxygen atoms in total. The first kappa shape index (κ1) is 19.3. The monoisotopic (exact) mass is 430 g/mol. The number of thioether (sulfide) groups is 1. The van der Waals surface area contributed by atoms with Gasteiger partial charge in [0.05, 0.1) is 28.0 Å². The number of benzene rings is 2. The standard InChI is InChI=1S/C22H18N6O2S/c29-19(26-17-9-3-5-14-6-4-12-23-21(14)17)13-31-22-28-27-20(30-22)11-10-18-24-15-7-1-2-8-16(15)25-18/h1-9,12H,10-11,13H2,(H,24,25)(H,26,29). The lowest BCUT2D eigenvalue weighted by atomic mass is 10.2. The van der Waals surface area contributed by atoms with Gasteiger partial charge in [-0.3, -0.25) is 9.78 Å². The average molecular weight is 430 g/mol. The van der Waals surface area contributed by atoms with Crippen molar-refractivity contribution in [2.45, 2.75) is 18.1 Å². The molecule has 0 radical (unpaired) electrons. The first-order chi connectivity index (χ1) is 15.2. The van der Waals surface area contributed by atoms with Crippen molar-refractivity contribution >= 4 is 45.3 Å². The molecule has 0 aliphatic rings. The quantitative estimate of drug-likeness (QED) is 0.375. The second-order valence-electron chi connectivity index (χ2n) is 6.88. The van der Waals surface area contributed by atoms with Crippen molar-refractivity contribution in [3.05, 3.63) is 72.5 Å². The van der Waals surface area contributed by atoms with Gasteiger partial charge in [-0.05, 0) is 24.3 Å². The summed E-state index contributed by atoms with van der Waals surface area (Å²) in [7, 11) is 0. The molecule has 0 saturated carbocycles. The summed E-state index contributed by atoms with van der Waals surface area (Å²) < 4.78 is 5.66. The van der Waals surface area contributed by atoms with E-state index in [9.17, 15) is 4.79 Å². The molecule has 31 heavy (non-hydrogen) atoms. The summed E-state index contributed by atoms with van der Waals surface area (Å²) in [4.78, 5) is 24.5. The second kappa shape index (κ2) is 8.57. The summed E-state index contributed by atoms with van der Waals surface area (Å²) in [6.45, 7) is 0. The Morgan fingerprint density at radius 3 is 2.87 bits per heavy atom. The van der Waals surface area contributed by atoms with Crippen LogP contribution in [-0.2, 0) is 17.6 Å². The SMILES string of the molecule is O=C(CSc1nnc(CCc2nc3ccccc3[nH]2)o1)Nc1cccc2cccnc12. The summed E-state index contributed by atoms with van der Waals surface area (Å²) >= 11 is 1.20. The van der Waals surface area contributed by atoms with Gasteiger partial charge in [-0.25, -0.2) is 4.98 Å². The number of aromatic amines is 1. The molecule has 0 unspecified atom stereocenters. The minimum Gasteiger partial charge on any atom is -0.416 e. The zero-order valence-electron chi connectivity index (χ0n) is 16.4. The summed E-state index contributed by atoms with van der Waals surface area (Å²) in [5.74, 6) is 1.39. The maximum Gasteiger partial charge on any atom is 0.277 e. The van der Waals surface area contributed by atoms with Gasteiger partial charge in [0.15, 0.2) is 0 Å². The number of nitrogens with one attached hydrogen (secondary N) is 2. The Hall–Kier alpha value is -3.72. The van der Waals surface area contributed by atoms with Crippen molar-refractivity contribution in [1.82, 2.24) is 25.1 Å². The molecule has 2 N–H and O–H groups in total. The highest BCUT2D eigenvalue weighted by molar-refractivity contribution is 7.99. The van der Waals surface area contributed by atoms with Crippen molar-refractivity contribution in [1.29, 1.82) is 0 Å². The fourth-order valence-corrected chi connectivity index (χ4v) is 3.85. The Morgan fingerprint density at radius 1 is 1.03 bits per heavy atom. The first-order valence-corrected chi connectivity index (χ1v) is 10.8. The van der Waals surface area contributed by atoms with Crippen LogP contribution in [0.2, 0.25) is 0 Å². The lowest BCUT2D eigenvalue weighted by Gasteiger charge is -2.07. The van der Waals surface area contributed by atoms with Crippen molar-refractivity contribution in [2.24, 2.45) is 0 Å². The first-order valence-electron chi connectivity index (χ1n) is 9.77. The van der Waals surface area contributed by atoms with Gasteiger partial charge in [-0.2, -0.15) is 0 Å². The molecule has 3 aromatic heterocycles. The number of carbonyl (C=O) groups is 1. The lowest BCUT2D eigenvalue weighted by Crippen LogP contribution is -2.14. The van der Waals surface area contributed by atoms with Crippen molar-refractivity contribution in [2.75, 3.05) is 11.1 Å². The molecule has 5 rings (SSSR count). The van der Waals surface area contributed by atoms with E-state index >= 15 is 0 Å². The number of fused-ring (bicyclic) bond motifs is 2. The summed E-state index contributed by atoms with van der Waals surface area (Å²) in [5, 5.41) is 12.3. The third-order valence-electron chi connectivity index (χ3n) is 4.70. The van der Waals surface area contributed by atoms with Crippen LogP contribution in [0.4, 0.5) is 5.69 Å². The maximum absolute atomic E-state index is 12.4. The van der Waals surface area contributed by atoms with Gasteiger partial charge < -0.3 is 14.7 Å². The van der Waals surface area contributed by atoms with Gasteiger partial charge in [0.1, 0.15) is 5.82 Å². The molecule has 0 bridgehead atoms. The van der Waals surface area contributed by atoms with Crippen LogP contribution in [0.25, 0.3) is 21.9 Å². The topological polar surface area (TPSA) is 110 Å². The van der Waals surface area contributed by atoms with Crippen LogP contribution in [0, 0.1) is 0 Å². The van der Waals surface area contributed by atoms with Crippen molar-refractivity contribution in [3.63, 3.8) is 0 Å². The highest BCUT2D eigenvalue weighted by Crippen LogP contribution is 2.22. The highest BCUT2D eigenvalue weighted by Gasteiger charge is 2.12. The van der Waals surface area contributed by atoms with E-state index in [0.717, 1.165) is 27.8 Å². The number of hydrogen-bond acceptors (Lipinski definition) is 7. The molecule has 3 heterocycles. The van der Waals surface area contributed by atoms with Gasteiger partial charge in [0, 0.05) is 24.4 Å². The second-order valence-corrected chi connectivity index (χ2v) is 7.81. The van der Waals surface area contributed by atoms with Crippen LogP contribution in [-0.4, -0.2) is 36.8 Å². The number of amides is 1. The molecule has 0 fully saturated rings. The molecular weight excluding hydrogens is 412 g/mol. The Bertz CT molecular complexity index is 1320. The minimum atomic E-state index is -0.162. The van der Waals surface area contributed by atoms with E-state index in [-0.39, 0.29) is 11.7 Å². The predicted molar refractivity (Wildman–Crippen MR) is 119 cm³/mol. The molecule has 154 valence electrons. The number of carbonyl (C=O) groups excluding carboxylic acids is 1. The molecule has 0 spiro atoms. The smallest absolute Gasteiger partial charge is 0.277 e. The highest BCUT2D eigenvalue weighted by atomic mass is 32.2. The van der Waals surface area contributed by atoms with Gasteiger partial charge in [-0.1, -0.05) is 42.1 Å². The van der Waals surface area contributed by atoms with Crippen LogP contribution < -0.4 is 5.32 Å². The van der Waals surface area contributed by atoms with Crippen LogP contribution >= 0.6 is 11.8 Å². The zero-order valence-corrected chi connectivity index (χ0v) is 17.2. The number of nitrogens with zero attached hydrogens (tertiary/aromatic N) is 4. The normalized spacial score (nSPS) is 11.2. The van der Waals surface area contributed by atoms with E-state index in [2.05, 4.69) is 30.5 Å². The number of aromatic nitrogens is 5. The fraction of sp³-hybridized carbons (Fsp3) is 0.136. The number of imidazole rings is 1. The minimum absolute atomic E-state index is 0.161.